The highest BCUT2D eigenvalue weighted by Gasteiger charge is 2.41. The number of para-hydroxylation sites is 1. The molecule has 0 saturated carbocycles. The lowest BCUT2D eigenvalue weighted by atomic mass is 9.88. The molecule has 0 aliphatic carbocycles. The molecule has 1 aliphatic heterocycles. The van der Waals surface area contributed by atoms with E-state index in [1.165, 1.54) is 0 Å². The lowest BCUT2D eigenvalue weighted by Crippen LogP contribution is -2.27. The number of nitrogens with one attached hydrogen (secondary N) is 1. The average molecular weight is 244 g/mol. The van der Waals surface area contributed by atoms with Gasteiger partial charge in [-0.1, -0.05) is 18.2 Å². The van der Waals surface area contributed by atoms with Crippen LogP contribution >= 0.6 is 0 Å². The lowest BCUT2D eigenvalue weighted by Gasteiger charge is -2.13. The molecule has 18 heavy (non-hydrogen) atoms. The molecule has 0 saturated heterocycles. The van der Waals surface area contributed by atoms with Crippen LogP contribution in [0.4, 0.5) is 5.69 Å². The number of carbonyl (C=O) groups is 2. The van der Waals surface area contributed by atoms with Crippen molar-refractivity contribution < 1.29 is 14.3 Å². The third-order valence-corrected chi connectivity index (χ3v) is 2.85. The van der Waals surface area contributed by atoms with Crippen LogP contribution in [0.5, 0.6) is 0 Å². The molecule has 0 aromatic heterocycles. The largest absolute Gasteiger partial charge is 0.465 e. The number of benzene rings is 1. The molecule has 1 N–H and O–H groups in total. The summed E-state index contributed by atoms with van der Waals surface area (Å²) in [5.74, 6) is -2.88. The first-order valence-corrected chi connectivity index (χ1v) is 5.65. The molecular formula is C13H12N2O3. The Kier molecular flexibility index (Phi) is 3.28. The van der Waals surface area contributed by atoms with Crippen LogP contribution in [-0.4, -0.2) is 18.5 Å². The minimum atomic E-state index is -1.10. The van der Waals surface area contributed by atoms with Gasteiger partial charge < -0.3 is 10.1 Å². The van der Waals surface area contributed by atoms with Gasteiger partial charge in [-0.05, 0) is 18.6 Å². The summed E-state index contributed by atoms with van der Waals surface area (Å²) in [5.41, 5.74) is 1.32. The minimum Gasteiger partial charge on any atom is -0.465 e. The van der Waals surface area contributed by atoms with E-state index in [9.17, 15) is 9.59 Å². The number of esters is 1. The van der Waals surface area contributed by atoms with Crippen LogP contribution in [0.15, 0.2) is 24.3 Å². The molecular weight excluding hydrogens is 232 g/mol. The zero-order valence-corrected chi connectivity index (χ0v) is 9.84. The fourth-order valence-corrected chi connectivity index (χ4v) is 2.06. The maximum absolute atomic E-state index is 11.9. The van der Waals surface area contributed by atoms with Crippen LogP contribution in [0.2, 0.25) is 0 Å². The zero-order chi connectivity index (χ0) is 13.1. The van der Waals surface area contributed by atoms with Gasteiger partial charge in [-0.2, -0.15) is 5.26 Å². The van der Waals surface area contributed by atoms with Crippen molar-refractivity contribution in [3.05, 3.63) is 29.8 Å². The van der Waals surface area contributed by atoms with E-state index in [4.69, 9.17) is 10.00 Å². The predicted molar refractivity (Wildman–Crippen MR) is 63.5 cm³/mol. The summed E-state index contributed by atoms with van der Waals surface area (Å²) >= 11 is 0. The monoisotopic (exact) mass is 244 g/mol. The quantitative estimate of drug-likeness (QED) is 0.815. The van der Waals surface area contributed by atoms with Crippen molar-refractivity contribution in [1.82, 2.24) is 0 Å². The average Bonchev–Trinajstić information content (AvgIpc) is 2.68. The third kappa shape index (κ3) is 1.93. The molecule has 2 rings (SSSR count). The smallest absolute Gasteiger partial charge is 0.324 e. The van der Waals surface area contributed by atoms with Gasteiger partial charge in [0.05, 0.1) is 18.6 Å². The van der Waals surface area contributed by atoms with Crippen molar-refractivity contribution in [2.75, 3.05) is 11.9 Å². The molecule has 5 nitrogen and oxygen atoms in total. The first-order valence-electron chi connectivity index (χ1n) is 5.65. The van der Waals surface area contributed by atoms with Crippen LogP contribution in [-0.2, 0) is 14.3 Å². The molecule has 1 aliphatic rings. The normalized spacial score (nSPS) is 18.4. The number of nitrogens with zero attached hydrogens (tertiary/aromatic N) is 1. The molecule has 0 fully saturated rings. The number of hydrogen-bond donors (Lipinski definition) is 1. The minimum absolute atomic E-state index is 0.187. The molecule has 1 heterocycles. The van der Waals surface area contributed by atoms with Gasteiger partial charge in [0.1, 0.15) is 0 Å². The van der Waals surface area contributed by atoms with E-state index in [0.717, 1.165) is 0 Å². The summed E-state index contributed by atoms with van der Waals surface area (Å²) in [7, 11) is 0. The number of anilines is 1. The Morgan fingerprint density at radius 1 is 1.56 bits per heavy atom. The van der Waals surface area contributed by atoms with Crippen molar-refractivity contribution in [3.8, 4) is 6.07 Å². The van der Waals surface area contributed by atoms with E-state index < -0.39 is 17.8 Å². The molecule has 0 bridgehead atoms. The summed E-state index contributed by atoms with van der Waals surface area (Å²) in [4.78, 5) is 23.6. The summed E-state index contributed by atoms with van der Waals surface area (Å²) < 4.78 is 4.83. The molecule has 1 aromatic carbocycles. The van der Waals surface area contributed by atoms with E-state index in [2.05, 4.69) is 5.32 Å². The van der Waals surface area contributed by atoms with Gasteiger partial charge in [0.15, 0.2) is 5.92 Å². The summed E-state index contributed by atoms with van der Waals surface area (Å²) in [6.45, 7) is 1.85. The van der Waals surface area contributed by atoms with Crippen molar-refractivity contribution in [1.29, 1.82) is 5.26 Å². The molecule has 0 spiro atoms. The van der Waals surface area contributed by atoms with Crippen LogP contribution in [0.3, 0.4) is 0 Å². The summed E-state index contributed by atoms with van der Waals surface area (Å²) in [6, 6.07) is 8.90. The first kappa shape index (κ1) is 12.1. The van der Waals surface area contributed by atoms with Crippen molar-refractivity contribution >= 4 is 17.6 Å². The van der Waals surface area contributed by atoms with E-state index in [1.807, 2.05) is 6.07 Å². The molecule has 0 radical (unpaired) electrons. The number of amides is 1. The number of rotatable bonds is 3. The standard InChI is InChI=1S/C13H12N2O3/c1-2-18-13(17)9(7-14)11-8-5-3-4-6-10(8)15-12(11)16/h3-6,9,11H,2H2,1H3,(H,15,16). The van der Waals surface area contributed by atoms with Gasteiger partial charge >= 0.3 is 5.97 Å². The third-order valence-electron chi connectivity index (χ3n) is 2.85. The molecule has 2 atom stereocenters. The molecule has 5 heteroatoms. The zero-order valence-electron chi connectivity index (χ0n) is 9.84. The van der Waals surface area contributed by atoms with Crippen LogP contribution in [0.1, 0.15) is 18.4 Å². The highest BCUT2D eigenvalue weighted by Crippen LogP contribution is 2.37. The number of nitriles is 1. The van der Waals surface area contributed by atoms with Gasteiger partial charge in [-0.3, -0.25) is 9.59 Å². The van der Waals surface area contributed by atoms with Crippen molar-refractivity contribution in [3.63, 3.8) is 0 Å². The second-order valence-corrected chi connectivity index (χ2v) is 3.91. The number of hydrogen-bond acceptors (Lipinski definition) is 4. The second-order valence-electron chi connectivity index (χ2n) is 3.91. The topological polar surface area (TPSA) is 79.2 Å². The highest BCUT2D eigenvalue weighted by atomic mass is 16.5. The summed E-state index contributed by atoms with van der Waals surface area (Å²) in [5, 5.41) is 11.8. The Morgan fingerprint density at radius 2 is 2.28 bits per heavy atom. The maximum atomic E-state index is 11.9. The fourth-order valence-electron chi connectivity index (χ4n) is 2.06. The lowest BCUT2D eigenvalue weighted by molar-refractivity contribution is -0.147. The van der Waals surface area contributed by atoms with Gasteiger partial charge in [-0.15, -0.1) is 0 Å². The van der Waals surface area contributed by atoms with Crippen LogP contribution in [0.25, 0.3) is 0 Å². The van der Waals surface area contributed by atoms with Crippen LogP contribution in [0, 0.1) is 17.2 Å². The van der Waals surface area contributed by atoms with E-state index in [0.29, 0.717) is 11.3 Å². The second kappa shape index (κ2) is 4.88. The molecule has 2 unspecified atom stereocenters. The van der Waals surface area contributed by atoms with E-state index >= 15 is 0 Å². The van der Waals surface area contributed by atoms with Gasteiger partial charge in [-0.25, -0.2) is 0 Å². The highest BCUT2D eigenvalue weighted by molar-refractivity contribution is 6.05. The van der Waals surface area contributed by atoms with Crippen molar-refractivity contribution in [2.45, 2.75) is 12.8 Å². The molecule has 1 aromatic rings. The Morgan fingerprint density at radius 3 is 2.94 bits per heavy atom. The van der Waals surface area contributed by atoms with Gasteiger partial charge in [0.25, 0.3) is 0 Å². The summed E-state index contributed by atoms with van der Waals surface area (Å²) in [6.07, 6.45) is 0. The number of fused-ring (bicyclic) bond motifs is 1. The first-order chi connectivity index (χ1) is 8.69. The number of ether oxygens (including phenoxy) is 1. The predicted octanol–water partition coefficient (Wildman–Crippen LogP) is 1.43. The van der Waals surface area contributed by atoms with Gasteiger partial charge in [0, 0.05) is 5.69 Å². The molecule has 92 valence electrons. The molecule has 1 amide bonds. The van der Waals surface area contributed by atoms with Crippen LogP contribution < -0.4 is 5.32 Å². The maximum Gasteiger partial charge on any atom is 0.324 e. The van der Waals surface area contributed by atoms with E-state index in [1.54, 1.807) is 31.2 Å². The Hall–Kier alpha value is -2.35. The van der Waals surface area contributed by atoms with Gasteiger partial charge in [0.2, 0.25) is 5.91 Å². The fraction of sp³-hybridized carbons (Fsp3) is 0.308. The van der Waals surface area contributed by atoms with Crippen molar-refractivity contribution in [2.24, 2.45) is 5.92 Å². The Balaban J connectivity index is 2.35. The number of carbonyl (C=O) groups excluding carboxylic acids is 2. The Labute approximate surface area is 104 Å². The SMILES string of the molecule is CCOC(=O)C(C#N)C1C(=O)Nc2ccccc21. The van der Waals surface area contributed by atoms with E-state index in [-0.39, 0.29) is 12.5 Å². The Bertz CT molecular complexity index is 533.